The summed E-state index contributed by atoms with van der Waals surface area (Å²) in [5.41, 5.74) is 0. The van der Waals surface area contributed by atoms with Gasteiger partial charge in [0.2, 0.25) is 5.95 Å². The number of rotatable bonds is 7. The molecule has 0 bridgehead atoms. The third kappa shape index (κ3) is 4.26. The van der Waals surface area contributed by atoms with Crippen LogP contribution >= 0.6 is 0 Å². The molecule has 7 nitrogen and oxygen atoms in total. The summed E-state index contributed by atoms with van der Waals surface area (Å²) in [7, 11) is 0. The van der Waals surface area contributed by atoms with Crippen LogP contribution in [-0.2, 0) is 9.53 Å². The van der Waals surface area contributed by atoms with E-state index in [1.165, 1.54) is 0 Å². The maximum atomic E-state index is 11.3. The molecule has 1 aromatic rings. The molecule has 1 rings (SSSR count). The van der Waals surface area contributed by atoms with E-state index in [0.29, 0.717) is 13.2 Å². The molecule has 0 unspecified atom stereocenters. The number of anilines is 1. The number of nitrogens with zero attached hydrogens (tertiary/aromatic N) is 2. The molecule has 7 heteroatoms. The number of nitrogens with one attached hydrogen (secondary N) is 2. The van der Waals surface area contributed by atoms with Crippen molar-refractivity contribution in [3.05, 3.63) is 0 Å². The van der Waals surface area contributed by atoms with Crippen LogP contribution in [0.2, 0.25) is 0 Å². The van der Waals surface area contributed by atoms with Crippen LogP contribution in [0.4, 0.5) is 5.95 Å². The monoisotopic (exact) mass is 228 g/mol. The fraction of sp³-hybridized carbons (Fsp3) is 0.667. The van der Waals surface area contributed by atoms with E-state index in [-0.39, 0.29) is 24.5 Å². The van der Waals surface area contributed by atoms with Crippen molar-refractivity contribution in [1.29, 1.82) is 0 Å². The summed E-state index contributed by atoms with van der Waals surface area (Å²) in [6.07, 6.45) is 0.879. The summed E-state index contributed by atoms with van der Waals surface area (Å²) >= 11 is 0. The molecule has 0 spiro atoms. The second-order valence-corrected chi connectivity index (χ2v) is 3.00. The van der Waals surface area contributed by atoms with Gasteiger partial charge < -0.3 is 9.47 Å². The fourth-order valence-corrected chi connectivity index (χ4v) is 0.973. The Morgan fingerprint density at radius 2 is 2.31 bits per heavy atom. The van der Waals surface area contributed by atoms with E-state index >= 15 is 0 Å². The maximum absolute atomic E-state index is 11.3. The van der Waals surface area contributed by atoms with Crippen molar-refractivity contribution < 1.29 is 14.3 Å². The highest BCUT2D eigenvalue weighted by molar-refractivity contribution is 5.89. The van der Waals surface area contributed by atoms with Gasteiger partial charge in [-0.2, -0.15) is 4.98 Å². The lowest BCUT2D eigenvalue weighted by atomic mass is 10.5. The van der Waals surface area contributed by atoms with Crippen LogP contribution in [-0.4, -0.2) is 40.9 Å². The lowest BCUT2D eigenvalue weighted by Crippen LogP contribution is -2.19. The Balaban J connectivity index is 2.31. The average molecular weight is 228 g/mol. The SMILES string of the molecule is CCCOCC(=O)Nc1nc(OCC)n[nH]1. The van der Waals surface area contributed by atoms with Gasteiger partial charge in [-0.1, -0.05) is 6.92 Å². The van der Waals surface area contributed by atoms with Gasteiger partial charge in [-0.15, -0.1) is 5.10 Å². The van der Waals surface area contributed by atoms with Gasteiger partial charge in [-0.3, -0.25) is 10.1 Å². The number of amides is 1. The van der Waals surface area contributed by atoms with Gasteiger partial charge in [0.05, 0.1) is 6.61 Å². The summed E-state index contributed by atoms with van der Waals surface area (Å²) in [6.45, 7) is 4.85. The number of aromatic amines is 1. The maximum Gasteiger partial charge on any atom is 0.337 e. The Bertz CT molecular complexity index is 326. The number of carbonyl (C=O) groups excluding carboxylic acids is 1. The minimum Gasteiger partial charge on any atom is -0.463 e. The van der Waals surface area contributed by atoms with Crippen LogP contribution < -0.4 is 10.1 Å². The molecule has 90 valence electrons. The summed E-state index contributed by atoms with van der Waals surface area (Å²) < 4.78 is 10.1. The van der Waals surface area contributed by atoms with Crippen LogP contribution in [0.5, 0.6) is 6.01 Å². The predicted octanol–water partition coefficient (Wildman–Crippen LogP) is 0.568. The van der Waals surface area contributed by atoms with Crippen molar-refractivity contribution in [1.82, 2.24) is 15.2 Å². The number of carbonyl (C=O) groups is 1. The van der Waals surface area contributed by atoms with E-state index in [1.54, 1.807) is 0 Å². The van der Waals surface area contributed by atoms with Crippen molar-refractivity contribution >= 4 is 11.9 Å². The van der Waals surface area contributed by atoms with E-state index in [1.807, 2.05) is 13.8 Å². The number of H-pyrrole nitrogens is 1. The summed E-state index contributed by atoms with van der Waals surface area (Å²) in [5, 5.41) is 8.79. The minimum atomic E-state index is -0.271. The first-order chi connectivity index (χ1) is 7.76. The Hall–Kier alpha value is -1.63. The molecule has 1 amide bonds. The molecule has 0 aliphatic heterocycles. The first kappa shape index (κ1) is 12.4. The zero-order valence-electron chi connectivity index (χ0n) is 9.45. The Morgan fingerprint density at radius 1 is 1.50 bits per heavy atom. The first-order valence-corrected chi connectivity index (χ1v) is 5.19. The van der Waals surface area contributed by atoms with Crippen molar-refractivity contribution in [2.24, 2.45) is 0 Å². The molecule has 0 aliphatic rings. The van der Waals surface area contributed by atoms with Crippen molar-refractivity contribution in [3.8, 4) is 6.01 Å². The molecule has 1 heterocycles. The van der Waals surface area contributed by atoms with Crippen LogP contribution in [0.1, 0.15) is 20.3 Å². The van der Waals surface area contributed by atoms with E-state index in [4.69, 9.17) is 9.47 Å². The molecule has 0 aliphatic carbocycles. The van der Waals surface area contributed by atoms with Gasteiger partial charge in [0, 0.05) is 6.61 Å². The second kappa shape index (κ2) is 6.78. The van der Waals surface area contributed by atoms with Gasteiger partial charge in [0.1, 0.15) is 6.61 Å². The quantitative estimate of drug-likeness (QED) is 0.666. The van der Waals surface area contributed by atoms with Gasteiger partial charge >= 0.3 is 6.01 Å². The van der Waals surface area contributed by atoms with E-state index in [9.17, 15) is 4.79 Å². The molecular formula is C9H16N4O3. The molecule has 0 atom stereocenters. The van der Waals surface area contributed by atoms with Gasteiger partial charge in [-0.05, 0) is 13.3 Å². The second-order valence-electron chi connectivity index (χ2n) is 3.00. The molecule has 2 N–H and O–H groups in total. The van der Waals surface area contributed by atoms with Crippen LogP contribution in [0, 0.1) is 0 Å². The lowest BCUT2D eigenvalue weighted by molar-refractivity contribution is -0.120. The lowest BCUT2D eigenvalue weighted by Gasteiger charge is -2.01. The van der Waals surface area contributed by atoms with E-state index in [0.717, 1.165) is 6.42 Å². The first-order valence-electron chi connectivity index (χ1n) is 5.19. The Morgan fingerprint density at radius 3 is 3.00 bits per heavy atom. The number of aromatic nitrogens is 3. The number of hydrogen-bond donors (Lipinski definition) is 2. The standard InChI is InChI=1S/C9H16N4O3/c1-3-5-15-6-7(14)10-8-11-9(13-12-8)16-4-2/h3-6H2,1-2H3,(H2,10,11,12,13,14). The number of ether oxygens (including phenoxy) is 2. The summed E-state index contributed by atoms with van der Waals surface area (Å²) in [5.74, 6) is -0.0128. The molecule has 0 saturated heterocycles. The third-order valence-corrected chi connectivity index (χ3v) is 1.58. The minimum absolute atomic E-state index is 0.0124. The molecule has 0 saturated carbocycles. The van der Waals surface area contributed by atoms with Gasteiger partial charge in [0.15, 0.2) is 0 Å². The van der Waals surface area contributed by atoms with E-state index < -0.39 is 0 Å². The van der Waals surface area contributed by atoms with Gasteiger partial charge in [-0.25, -0.2) is 5.10 Å². The molecule has 1 aromatic heterocycles. The fourth-order valence-electron chi connectivity index (χ4n) is 0.973. The molecule has 0 aromatic carbocycles. The Labute approximate surface area is 93.5 Å². The highest BCUT2D eigenvalue weighted by Gasteiger charge is 2.07. The smallest absolute Gasteiger partial charge is 0.337 e. The highest BCUT2D eigenvalue weighted by Crippen LogP contribution is 2.04. The highest BCUT2D eigenvalue weighted by atomic mass is 16.5. The van der Waals surface area contributed by atoms with Gasteiger partial charge in [0.25, 0.3) is 5.91 Å². The molecule has 0 fully saturated rings. The van der Waals surface area contributed by atoms with Crippen molar-refractivity contribution in [2.75, 3.05) is 25.1 Å². The number of hydrogen-bond acceptors (Lipinski definition) is 5. The third-order valence-electron chi connectivity index (χ3n) is 1.58. The largest absolute Gasteiger partial charge is 0.463 e. The van der Waals surface area contributed by atoms with Crippen LogP contribution in [0.25, 0.3) is 0 Å². The molecule has 16 heavy (non-hydrogen) atoms. The molecular weight excluding hydrogens is 212 g/mol. The topological polar surface area (TPSA) is 89.1 Å². The van der Waals surface area contributed by atoms with Crippen molar-refractivity contribution in [2.45, 2.75) is 20.3 Å². The summed E-state index contributed by atoms with van der Waals surface area (Å²) in [6, 6.07) is 0.215. The summed E-state index contributed by atoms with van der Waals surface area (Å²) in [4.78, 5) is 15.2. The zero-order chi connectivity index (χ0) is 11.8. The van der Waals surface area contributed by atoms with Crippen LogP contribution in [0.15, 0.2) is 0 Å². The average Bonchev–Trinajstić information content (AvgIpc) is 2.66. The van der Waals surface area contributed by atoms with Crippen LogP contribution in [0.3, 0.4) is 0 Å². The Kier molecular flexibility index (Phi) is 5.27. The van der Waals surface area contributed by atoms with E-state index in [2.05, 4.69) is 20.5 Å². The predicted molar refractivity (Wildman–Crippen MR) is 57.3 cm³/mol. The normalized spacial score (nSPS) is 10.1. The zero-order valence-corrected chi connectivity index (χ0v) is 9.45. The van der Waals surface area contributed by atoms with Crippen molar-refractivity contribution in [3.63, 3.8) is 0 Å². The molecule has 0 radical (unpaired) electrons.